The van der Waals surface area contributed by atoms with Crippen molar-refractivity contribution in [3.8, 4) is 0 Å². The predicted octanol–water partition coefficient (Wildman–Crippen LogP) is 0.762. The highest BCUT2D eigenvalue weighted by Crippen LogP contribution is 2.22. The van der Waals surface area contributed by atoms with Gasteiger partial charge in [-0.15, -0.1) is 0 Å². The molecule has 6 nitrogen and oxygen atoms in total. The Morgan fingerprint density at radius 2 is 1.90 bits per heavy atom. The summed E-state index contributed by atoms with van der Waals surface area (Å²) in [4.78, 5) is 17.3. The number of nitrogens with two attached hydrogens (primary N) is 2. The summed E-state index contributed by atoms with van der Waals surface area (Å²) < 4.78 is 0. The van der Waals surface area contributed by atoms with E-state index in [2.05, 4.69) is 4.98 Å². The number of pyridine rings is 1. The maximum absolute atomic E-state index is 11.3. The van der Waals surface area contributed by atoms with E-state index in [1.54, 1.807) is 6.07 Å². The van der Waals surface area contributed by atoms with Crippen LogP contribution in [0.3, 0.4) is 0 Å². The lowest BCUT2D eigenvalue weighted by atomic mass is 10.2. The number of anilines is 2. The van der Waals surface area contributed by atoms with Crippen LogP contribution < -0.4 is 16.4 Å². The molecule has 1 amide bonds. The van der Waals surface area contributed by atoms with E-state index >= 15 is 0 Å². The summed E-state index contributed by atoms with van der Waals surface area (Å²) in [6.07, 6.45) is 0. The molecule has 6 heteroatoms. The van der Waals surface area contributed by atoms with E-state index in [1.807, 2.05) is 35.2 Å². The van der Waals surface area contributed by atoms with Crippen LogP contribution in [-0.2, 0) is 6.54 Å². The first-order valence-electron chi connectivity index (χ1n) is 6.58. The zero-order chi connectivity index (χ0) is 15.2. The minimum atomic E-state index is -0.611. The minimum absolute atomic E-state index is 0.0469. The first-order chi connectivity index (χ1) is 10.1. The molecule has 21 heavy (non-hydrogen) atoms. The molecule has 0 unspecified atom stereocenters. The number of benzene rings is 1. The Bertz CT molecular complexity index is 616. The molecule has 0 aliphatic rings. The van der Waals surface area contributed by atoms with E-state index in [9.17, 15) is 9.90 Å². The maximum Gasteiger partial charge on any atom is 0.267 e. The van der Waals surface area contributed by atoms with Crippen molar-refractivity contribution in [2.45, 2.75) is 6.54 Å². The minimum Gasteiger partial charge on any atom is -0.396 e. The van der Waals surface area contributed by atoms with Crippen molar-refractivity contribution < 1.29 is 9.90 Å². The topological polar surface area (TPSA) is 105 Å². The number of nitrogen functional groups attached to an aromatic ring is 1. The van der Waals surface area contributed by atoms with Gasteiger partial charge < -0.3 is 21.5 Å². The summed E-state index contributed by atoms with van der Waals surface area (Å²) in [5.41, 5.74) is 12.8. The van der Waals surface area contributed by atoms with Crippen LogP contribution in [0.1, 0.15) is 16.1 Å². The summed E-state index contributed by atoms with van der Waals surface area (Å²) >= 11 is 0. The molecule has 0 bridgehead atoms. The van der Waals surface area contributed by atoms with Crippen molar-refractivity contribution >= 4 is 17.4 Å². The standard InChI is InChI=1S/C15H18N4O2/c16-12-6-7-13(14(17)21)18-15(12)19(8-9-20)10-11-4-2-1-3-5-11/h1-7,20H,8-10,16H2,(H2,17,21). The highest BCUT2D eigenvalue weighted by Gasteiger charge is 2.14. The van der Waals surface area contributed by atoms with Gasteiger partial charge in [-0.3, -0.25) is 4.79 Å². The fourth-order valence-electron chi connectivity index (χ4n) is 2.03. The van der Waals surface area contributed by atoms with E-state index in [0.29, 0.717) is 24.6 Å². The number of hydrogen-bond donors (Lipinski definition) is 3. The second-order valence-electron chi connectivity index (χ2n) is 4.60. The zero-order valence-electron chi connectivity index (χ0n) is 11.6. The number of carbonyl (C=O) groups excluding carboxylic acids is 1. The summed E-state index contributed by atoms with van der Waals surface area (Å²) in [5, 5.41) is 9.24. The summed E-state index contributed by atoms with van der Waals surface area (Å²) in [6, 6.07) is 12.8. The van der Waals surface area contributed by atoms with Gasteiger partial charge in [0.25, 0.3) is 5.91 Å². The Morgan fingerprint density at radius 3 is 2.52 bits per heavy atom. The number of amides is 1. The quantitative estimate of drug-likeness (QED) is 0.727. The second kappa shape index (κ2) is 6.71. The summed E-state index contributed by atoms with van der Waals surface area (Å²) in [6.45, 7) is 0.837. The van der Waals surface area contributed by atoms with E-state index in [4.69, 9.17) is 11.5 Å². The summed E-state index contributed by atoms with van der Waals surface area (Å²) in [5.74, 6) is -0.163. The number of primary amides is 1. The van der Waals surface area contributed by atoms with Crippen LogP contribution in [0.25, 0.3) is 0 Å². The van der Waals surface area contributed by atoms with Crippen molar-refractivity contribution in [2.75, 3.05) is 23.8 Å². The van der Waals surface area contributed by atoms with Crippen LogP contribution in [0.5, 0.6) is 0 Å². The lowest BCUT2D eigenvalue weighted by Crippen LogP contribution is -2.28. The van der Waals surface area contributed by atoms with Gasteiger partial charge in [-0.25, -0.2) is 4.98 Å². The van der Waals surface area contributed by atoms with Crippen molar-refractivity contribution in [3.63, 3.8) is 0 Å². The molecule has 1 aromatic heterocycles. The molecule has 0 aliphatic carbocycles. The fraction of sp³-hybridized carbons (Fsp3) is 0.200. The molecule has 0 saturated carbocycles. The number of aromatic nitrogens is 1. The molecule has 1 heterocycles. The highest BCUT2D eigenvalue weighted by molar-refractivity contribution is 5.91. The Hall–Kier alpha value is -2.60. The van der Waals surface area contributed by atoms with Crippen molar-refractivity contribution in [1.82, 2.24) is 4.98 Å². The van der Waals surface area contributed by atoms with Crippen molar-refractivity contribution in [1.29, 1.82) is 0 Å². The SMILES string of the molecule is NC(=O)c1ccc(N)c(N(CCO)Cc2ccccc2)n1. The van der Waals surface area contributed by atoms with Gasteiger partial charge in [0, 0.05) is 13.1 Å². The van der Waals surface area contributed by atoms with Crippen LogP contribution in [-0.4, -0.2) is 29.1 Å². The van der Waals surface area contributed by atoms with Gasteiger partial charge in [0.15, 0.2) is 5.82 Å². The molecular formula is C15H18N4O2. The Morgan fingerprint density at radius 1 is 1.19 bits per heavy atom. The molecule has 0 atom stereocenters. The average molecular weight is 286 g/mol. The molecule has 0 saturated heterocycles. The Balaban J connectivity index is 2.33. The van der Waals surface area contributed by atoms with Crippen LogP contribution in [0.4, 0.5) is 11.5 Å². The largest absolute Gasteiger partial charge is 0.396 e. The normalized spacial score (nSPS) is 10.3. The number of hydrogen-bond acceptors (Lipinski definition) is 5. The third kappa shape index (κ3) is 3.70. The monoisotopic (exact) mass is 286 g/mol. The van der Waals surface area contributed by atoms with Crippen LogP contribution >= 0.6 is 0 Å². The second-order valence-corrected chi connectivity index (χ2v) is 4.60. The molecule has 5 N–H and O–H groups in total. The van der Waals surface area contributed by atoms with E-state index < -0.39 is 5.91 Å². The van der Waals surface area contributed by atoms with Crippen LogP contribution in [0.15, 0.2) is 42.5 Å². The number of carbonyl (C=O) groups is 1. The Labute approximate surface area is 123 Å². The molecule has 2 aromatic rings. The Kier molecular flexibility index (Phi) is 4.73. The third-order valence-corrected chi connectivity index (χ3v) is 3.04. The molecule has 110 valence electrons. The van der Waals surface area contributed by atoms with Gasteiger partial charge in [0.05, 0.1) is 12.3 Å². The lowest BCUT2D eigenvalue weighted by Gasteiger charge is -2.24. The molecule has 1 aromatic carbocycles. The van der Waals surface area contributed by atoms with Gasteiger partial charge in [-0.2, -0.15) is 0 Å². The molecule has 0 fully saturated rings. The maximum atomic E-state index is 11.3. The van der Waals surface area contributed by atoms with Gasteiger partial charge >= 0.3 is 0 Å². The van der Waals surface area contributed by atoms with Gasteiger partial charge in [-0.1, -0.05) is 30.3 Å². The third-order valence-electron chi connectivity index (χ3n) is 3.04. The number of aliphatic hydroxyl groups excluding tert-OH is 1. The lowest BCUT2D eigenvalue weighted by molar-refractivity contribution is 0.0995. The first kappa shape index (κ1) is 14.8. The highest BCUT2D eigenvalue weighted by atomic mass is 16.3. The molecule has 0 radical (unpaired) electrons. The van der Waals surface area contributed by atoms with Crippen LogP contribution in [0.2, 0.25) is 0 Å². The number of rotatable bonds is 6. The summed E-state index contributed by atoms with van der Waals surface area (Å²) in [7, 11) is 0. The molecule has 0 spiro atoms. The average Bonchev–Trinajstić information content (AvgIpc) is 2.48. The van der Waals surface area contributed by atoms with Crippen molar-refractivity contribution in [2.24, 2.45) is 5.73 Å². The number of nitrogens with zero attached hydrogens (tertiary/aromatic N) is 2. The van der Waals surface area contributed by atoms with Gasteiger partial charge in [-0.05, 0) is 17.7 Å². The smallest absolute Gasteiger partial charge is 0.267 e. The molecule has 0 aliphatic heterocycles. The predicted molar refractivity (Wildman–Crippen MR) is 81.7 cm³/mol. The van der Waals surface area contributed by atoms with E-state index in [0.717, 1.165) is 5.56 Å². The zero-order valence-corrected chi connectivity index (χ0v) is 11.6. The molecule has 2 rings (SSSR count). The molecular weight excluding hydrogens is 268 g/mol. The van der Waals surface area contributed by atoms with Crippen LogP contribution in [0, 0.1) is 0 Å². The van der Waals surface area contributed by atoms with E-state index in [-0.39, 0.29) is 12.3 Å². The van der Waals surface area contributed by atoms with E-state index in [1.165, 1.54) is 6.07 Å². The van der Waals surface area contributed by atoms with Gasteiger partial charge in [0.1, 0.15) is 5.69 Å². The number of aliphatic hydroxyl groups is 1. The van der Waals surface area contributed by atoms with Crippen molar-refractivity contribution in [3.05, 3.63) is 53.7 Å². The fourth-order valence-corrected chi connectivity index (χ4v) is 2.03. The van der Waals surface area contributed by atoms with Gasteiger partial charge in [0.2, 0.25) is 0 Å². The first-order valence-corrected chi connectivity index (χ1v) is 6.58.